The summed E-state index contributed by atoms with van der Waals surface area (Å²) in [5.74, 6) is -0.515. The van der Waals surface area contributed by atoms with Crippen LogP contribution in [0.5, 0.6) is 0 Å². The fraction of sp³-hybridized carbons (Fsp3) is 0.263. The molecule has 8 heteroatoms. The summed E-state index contributed by atoms with van der Waals surface area (Å²) < 4.78 is 15.1. The van der Waals surface area contributed by atoms with Gasteiger partial charge in [-0.3, -0.25) is 9.48 Å². The second kappa shape index (κ2) is 8.65. The molecule has 1 amide bonds. The molecule has 0 spiro atoms. The van der Waals surface area contributed by atoms with Crippen molar-refractivity contribution in [1.82, 2.24) is 15.1 Å². The quantitative estimate of drug-likeness (QED) is 0.628. The molecule has 0 aliphatic carbocycles. The molecule has 3 rings (SSSR count). The highest BCUT2D eigenvalue weighted by Crippen LogP contribution is 2.31. The van der Waals surface area contributed by atoms with Crippen LogP contribution in [0.2, 0.25) is 5.02 Å². The zero-order valence-corrected chi connectivity index (χ0v) is 16.4. The zero-order chi connectivity index (χ0) is 19.4. The highest BCUT2D eigenvalue weighted by atomic mass is 35.5. The molecule has 27 heavy (non-hydrogen) atoms. The molecule has 1 unspecified atom stereocenters. The molecule has 0 aliphatic heterocycles. The number of nitrogens with two attached hydrogens (primary N) is 1. The molecule has 1 atom stereocenters. The first-order chi connectivity index (χ1) is 13.0. The molecule has 1 aromatic carbocycles. The van der Waals surface area contributed by atoms with Crippen molar-refractivity contribution in [2.75, 3.05) is 6.54 Å². The number of carbonyl (C=O) groups excluding carboxylic acids is 1. The normalized spacial score (nSPS) is 12.1. The maximum absolute atomic E-state index is 13.3. The van der Waals surface area contributed by atoms with Crippen LogP contribution in [0.3, 0.4) is 0 Å². The van der Waals surface area contributed by atoms with Crippen molar-refractivity contribution in [3.8, 4) is 11.3 Å². The molecule has 5 nitrogen and oxygen atoms in total. The minimum absolute atomic E-state index is 0.211. The number of hydrogen-bond acceptors (Lipinski definition) is 4. The standard InChI is InChI=1S/C19H20ClFN4OS/c1-2-25-18(16(20)10-23-25)13-8-17(27-11-13)19(26)24-15(9-22)7-12-4-3-5-14(21)6-12/h3-6,8,10-11,15H,2,7,9,22H2,1H3,(H,24,26). The third kappa shape index (κ3) is 4.55. The van der Waals surface area contributed by atoms with E-state index in [1.54, 1.807) is 23.0 Å². The van der Waals surface area contributed by atoms with E-state index in [1.807, 2.05) is 18.4 Å². The molecule has 3 aromatic rings. The van der Waals surface area contributed by atoms with Crippen molar-refractivity contribution < 1.29 is 9.18 Å². The van der Waals surface area contributed by atoms with Gasteiger partial charge in [0.2, 0.25) is 0 Å². The summed E-state index contributed by atoms with van der Waals surface area (Å²) in [6.07, 6.45) is 2.06. The number of aromatic nitrogens is 2. The van der Waals surface area contributed by atoms with E-state index >= 15 is 0 Å². The minimum Gasteiger partial charge on any atom is -0.347 e. The van der Waals surface area contributed by atoms with Gasteiger partial charge in [-0.25, -0.2) is 4.39 Å². The Morgan fingerprint density at radius 3 is 2.96 bits per heavy atom. The molecule has 2 aromatic heterocycles. The number of carbonyl (C=O) groups is 1. The summed E-state index contributed by atoms with van der Waals surface area (Å²) in [5, 5.41) is 9.57. The van der Waals surface area contributed by atoms with Crippen LogP contribution >= 0.6 is 22.9 Å². The minimum atomic E-state index is -0.304. The second-order valence-electron chi connectivity index (χ2n) is 6.10. The number of thiophene rings is 1. The highest BCUT2D eigenvalue weighted by Gasteiger charge is 2.18. The first-order valence-electron chi connectivity index (χ1n) is 8.57. The van der Waals surface area contributed by atoms with Crippen LogP contribution in [-0.4, -0.2) is 28.3 Å². The van der Waals surface area contributed by atoms with Gasteiger partial charge in [-0.2, -0.15) is 5.10 Å². The smallest absolute Gasteiger partial charge is 0.261 e. The van der Waals surface area contributed by atoms with E-state index in [0.717, 1.165) is 16.8 Å². The van der Waals surface area contributed by atoms with Crippen LogP contribution in [0.4, 0.5) is 4.39 Å². The molecular formula is C19H20ClFN4OS. The Labute approximate surface area is 166 Å². The largest absolute Gasteiger partial charge is 0.347 e. The Kier molecular flexibility index (Phi) is 6.26. The SMILES string of the molecule is CCn1ncc(Cl)c1-c1csc(C(=O)NC(CN)Cc2cccc(F)c2)c1. The van der Waals surface area contributed by atoms with Crippen molar-refractivity contribution in [3.05, 3.63) is 63.2 Å². The zero-order valence-electron chi connectivity index (χ0n) is 14.8. The monoisotopic (exact) mass is 406 g/mol. The van der Waals surface area contributed by atoms with E-state index in [9.17, 15) is 9.18 Å². The van der Waals surface area contributed by atoms with E-state index < -0.39 is 0 Å². The Morgan fingerprint density at radius 1 is 1.44 bits per heavy atom. The molecule has 0 saturated heterocycles. The van der Waals surface area contributed by atoms with Crippen molar-refractivity contribution in [2.24, 2.45) is 5.73 Å². The molecule has 0 radical (unpaired) electrons. The molecule has 0 fully saturated rings. The number of rotatable bonds is 7. The topological polar surface area (TPSA) is 72.9 Å². The van der Waals surface area contributed by atoms with E-state index in [4.69, 9.17) is 17.3 Å². The van der Waals surface area contributed by atoms with Gasteiger partial charge in [0, 0.05) is 30.1 Å². The van der Waals surface area contributed by atoms with E-state index in [1.165, 1.54) is 23.5 Å². The van der Waals surface area contributed by atoms with Gasteiger partial charge in [0.15, 0.2) is 0 Å². The van der Waals surface area contributed by atoms with Crippen LogP contribution in [0.25, 0.3) is 11.3 Å². The Bertz CT molecular complexity index is 939. The molecular weight excluding hydrogens is 387 g/mol. The highest BCUT2D eigenvalue weighted by molar-refractivity contribution is 7.12. The van der Waals surface area contributed by atoms with Gasteiger partial charge in [0.25, 0.3) is 5.91 Å². The van der Waals surface area contributed by atoms with Crippen molar-refractivity contribution >= 4 is 28.8 Å². The van der Waals surface area contributed by atoms with Crippen molar-refractivity contribution in [2.45, 2.75) is 25.9 Å². The third-order valence-electron chi connectivity index (χ3n) is 4.18. The van der Waals surface area contributed by atoms with Crippen LogP contribution in [-0.2, 0) is 13.0 Å². The fourth-order valence-corrected chi connectivity index (χ4v) is 3.91. The lowest BCUT2D eigenvalue weighted by Crippen LogP contribution is -2.41. The summed E-state index contributed by atoms with van der Waals surface area (Å²) in [7, 11) is 0. The molecule has 0 aliphatic rings. The van der Waals surface area contributed by atoms with Crippen LogP contribution in [0.15, 0.2) is 41.9 Å². The maximum atomic E-state index is 13.3. The second-order valence-corrected chi connectivity index (χ2v) is 7.42. The fourth-order valence-electron chi connectivity index (χ4n) is 2.87. The van der Waals surface area contributed by atoms with Crippen LogP contribution in [0.1, 0.15) is 22.2 Å². The lowest BCUT2D eigenvalue weighted by molar-refractivity contribution is 0.0942. The van der Waals surface area contributed by atoms with Crippen LogP contribution in [0, 0.1) is 5.82 Å². The number of nitrogens with zero attached hydrogens (tertiary/aromatic N) is 2. The van der Waals surface area contributed by atoms with Gasteiger partial charge in [-0.1, -0.05) is 23.7 Å². The summed E-state index contributed by atoms with van der Waals surface area (Å²) >= 11 is 7.56. The van der Waals surface area contributed by atoms with Gasteiger partial charge in [-0.15, -0.1) is 11.3 Å². The average Bonchev–Trinajstić information content (AvgIpc) is 3.27. The van der Waals surface area contributed by atoms with Gasteiger partial charge in [0.1, 0.15) is 5.82 Å². The molecule has 0 saturated carbocycles. The number of benzene rings is 1. The van der Waals surface area contributed by atoms with Crippen molar-refractivity contribution in [3.63, 3.8) is 0 Å². The summed E-state index contributed by atoms with van der Waals surface area (Å²) in [6.45, 7) is 2.92. The van der Waals surface area contributed by atoms with Gasteiger partial charge < -0.3 is 11.1 Å². The van der Waals surface area contributed by atoms with Gasteiger partial charge in [-0.05, 0) is 37.1 Å². The maximum Gasteiger partial charge on any atom is 0.261 e. The lowest BCUT2D eigenvalue weighted by Gasteiger charge is -2.16. The van der Waals surface area contributed by atoms with E-state index in [2.05, 4.69) is 10.4 Å². The summed E-state index contributed by atoms with van der Waals surface area (Å²) in [5.41, 5.74) is 8.23. The number of halogens is 2. The lowest BCUT2D eigenvalue weighted by atomic mass is 10.1. The molecule has 142 valence electrons. The molecule has 3 N–H and O–H groups in total. The first-order valence-corrected chi connectivity index (χ1v) is 9.83. The number of amides is 1. The average molecular weight is 407 g/mol. The third-order valence-corrected chi connectivity index (χ3v) is 5.39. The van der Waals surface area contributed by atoms with Gasteiger partial charge >= 0.3 is 0 Å². The predicted octanol–water partition coefficient (Wildman–Crippen LogP) is 3.72. The Balaban J connectivity index is 1.72. The van der Waals surface area contributed by atoms with Gasteiger partial charge in [0.05, 0.1) is 21.8 Å². The van der Waals surface area contributed by atoms with E-state index in [-0.39, 0.29) is 24.3 Å². The predicted molar refractivity (Wildman–Crippen MR) is 107 cm³/mol. The summed E-state index contributed by atoms with van der Waals surface area (Å²) in [4.78, 5) is 13.2. The Morgan fingerprint density at radius 2 is 2.26 bits per heavy atom. The van der Waals surface area contributed by atoms with Crippen LogP contribution < -0.4 is 11.1 Å². The molecule has 2 heterocycles. The summed E-state index contributed by atoms with van der Waals surface area (Å²) in [6, 6.07) is 7.81. The molecule has 0 bridgehead atoms. The van der Waals surface area contributed by atoms with Crippen molar-refractivity contribution in [1.29, 1.82) is 0 Å². The number of nitrogens with one attached hydrogen (secondary N) is 1. The Hall–Kier alpha value is -2.22. The number of aryl methyl sites for hydroxylation is 1. The van der Waals surface area contributed by atoms with E-state index in [0.29, 0.717) is 22.9 Å². The first kappa shape index (κ1) is 19.5. The number of hydrogen-bond donors (Lipinski definition) is 2.